The molecule has 4 unspecified atom stereocenters. The summed E-state index contributed by atoms with van der Waals surface area (Å²) < 4.78 is 0.963. The molecular weight excluding hydrogens is 358 g/mol. The molecule has 5 nitrogen and oxygen atoms in total. The van der Waals surface area contributed by atoms with E-state index in [1.165, 1.54) is 0 Å². The topological polar surface area (TPSA) is 84.2 Å². The number of halogens is 1. The molecule has 2 aliphatic carbocycles. The lowest BCUT2D eigenvalue weighted by molar-refractivity contribution is -0.127. The van der Waals surface area contributed by atoms with Crippen LogP contribution in [0, 0.1) is 17.8 Å². The van der Waals surface area contributed by atoms with Gasteiger partial charge in [0.25, 0.3) is 0 Å². The van der Waals surface area contributed by atoms with Gasteiger partial charge >= 0.3 is 0 Å². The molecule has 1 aromatic carbocycles. The summed E-state index contributed by atoms with van der Waals surface area (Å²) in [5.41, 5.74) is 6.92. The number of carbonyl (C=O) groups excluding carboxylic acids is 2. The smallest absolute Gasteiger partial charge is 0.226 e. The molecule has 2 aliphatic rings. The van der Waals surface area contributed by atoms with Crippen molar-refractivity contribution < 1.29 is 9.59 Å². The maximum atomic E-state index is 12.3. The Morgan fingerprint density at radius 2 is 1.87 bits per heavy atom. The van der Waals surface area contributed by atoms with Crippen molar-refractivity contribution in [1.82, 2.24) is 5.32 Å². The third-order valence-corrected chi connectivity index (χ3v) is 5.59. The maximum absolute atomic E-state index is 12.3. The van der Waals surface area contributed by atoms with Crippen molar-refractivity contribution in [2.75, 3.05) is 11.9 Å². The van der Waals surface area contributed by atoms with Gasteiger partial charge in [-0.1, -0.05) is 15.9 Å². The SMILES string of the molecule is NC1C2CCC(C2)C1C(=O)NCCC(=O)Nc1ccc(Br)cc1. The summed E-state index contributed by atoms with van der Waals surface area (Å²) >= 11 is 3.35. The first-order valence-corrected chi connectivity index (χ1v) is 8.92. The zero-order valence-corrected chi connectivity index (χ0v) is 14.5. The standard InChI is InChI=1S/C17H22BrN3O2/c18-12-3-5-13(6-4-12)21-14(22)7-8-20-17(23)15-10-1-2-11(9-10)16(15)19/h3-6,10-11,15-16H,1-2,7-9,19H2,(H,20,23)(H,21,22). The van der Waals surface area contributed by atoms with Crippen LogP contribution in [0.15, 0.2) is 28.7 Å². The Morgan fingerprint density at radius 1 is 1.17 bits per heavy atom. The van der Waals surface area contributed by atoms with Crippen molar-refractivity contribution in [3.63, 3.8) is 0 Å². The minimum absolute atomic E-state index is 0.00894. The average molecular weight is 380 g/mol. The van der Waals surface area contributed by atoms with Crippen molar-refractivity contribution >= 4 is 33.4 Å². The molecule has 0 spiro atoms. The van der Waals surface area contributed by atoms with Crippen LogP contribution in [0.3, 0.4) is 0 Å². The second-order valence-corrected chi connectivity index (χ2v) is 7.45. The Kier molecular flexibility index (Phi) is 5.02. The number of rotatable bonds is 5. The molecule has 6 heteroatoms. The Bertz CT molecular complexity index is 588. The van der Waals surface area contributed by atoms with Crippen LogP contribution in [0.2, 0.25) is 0 Å². The quantitative estimate of drug-likeness (QED) is 0.733. The van der Waals surface area contributed by atoms with E-state index in [4.69, 9.17) is 5.73 Å². The highest BCUT2D eigenvalue weighted by atomic mass is 79.9. The molecule has 2 saturated carbocycles. The van der Waals surface area contributed by atoms with Crippen LogP contribution in [0.1, 0.15) is 25.7 Å². The molecule has 4 N–H and O–H groups in total. The second-order valence-electron chi connectivity index (χ2n) is 6.53. The zero-order chi connectivity index (χ0) is 16.4. The fourth-order valence-corrected chi connectivity index (χ4v) is 4.16. The number of carbonyl (C=O) groups is 2. The van der Waals surface area contributed by atoms with Crippen LogP contribution in [0.4, 0.5) is 5.69 Å². The highest BCUT2D eigenvalue weighted by Crippen LogP contribution is 2.47. The minimum Gasteiger partial charge on any atom is -0.355 e. The summed E-state index contributed by atoms with van der Waals surface area (Å²) in [6.45, 7) is 0.349. The predicted molar refractivity (Wildman–Crippen MR) is 92.7 cm³/mol. The highest BCUT2D eigenvalue weighted by Gasteiger charge is 2.48. The zero-order valence-electron chi connectivity index (χ0n) is 12.9. The van der Waals surface area contributed by atoms with Gasteiger partial charge in [-0.25, -0.2) is 0 Å². The summed E-state index contributed by atoms with van der Waals surface area (Å²) in [5.74, 6) is 0.789. The van der Waals surface area contributed by atoms with Gasteiger partial charge in [-0.05, 0) is 55.4 Å². The number of anilines is 1. The first-order valence-electron chi connectivity index (χ1n) is 8.13. The van der Waals surface area contributed by atoms with E-state index in [-0.39, 0.29) is 30.2 Å². The fourth-order valence-electron chi connectivity index (χ4n) is 3.90. The van der Waals surface area contributed by atoms with Gasteiger partial charge in [-0.3, -0.25) is 9.59 Å². The molecule has 1 aromatic rings. The maximum Gasteiger partial charge on any atom is 0.226 e. The Morgan fingerprint density at radius 3 is 2.52 bits per heavy atom. The lowest BCUT2D eigenvalue weighted by Gasteiger charge is -2.26. The molecule has 0 heterocycles. The summed E-state index contributed by atoms with van der Waals surface area (Å²) in [4.78, 5) is 24.2. The molecule has 3 rings (SSSR count). The summed E-state index contributed by atoms with van der Waals surface area (Å²) in [7, 11) is 0. The van der Waals surface area contributed by atoms with E-state index < -0.39 is 0 Å². The Labute approximate surface area is 144 Å². The van der Waals surface area contributed by atoms with E-state index >= 15 is 0 Å². The minimum atomic E-state index is -0.107. The van der Waals surface area contributed by atoms with E-state index in [1.807, 2.05) is 24.3 Å². The third kappa shape index (κ3) is 3.75. The number of fused-ring (bicyclic) bond motifs is 2. The number of hydrogen-bond acceptors (Lipinski definition) is 3. The largest absolute Gasteiger partial charge is 0.355 e. The molecule has 0 radical (unpaired) electrons. The van der Waals surface area contributed by atoms with Crippen LogP contribution >= 0.6 is 15.9 Å². The normalized spacial score (nSPS) is 28.6. The number of nitrogens with one attached hydrogen (secondary N) is 2. The van der Waals surface area contributed by atoms with Crippen LogP contribution in [0.25, 0.3) is 0 Å². The number of benzene rings is 1. The van der Waals surface area contributed by atoms with Crippen molar-refractivity contribution in [2.45, 2.75) is 31.7 Å². The van der Waals surface area contributed by atoms with Crippen LogP contribution in [-0.4, -0.2) is 24.4 Å². The lowest BCUT2D eigenvalue weighted by Crippen LogP contribution is -2.45. The van der Waals surface area contributed by atoms with Crippen LogP contribution in [-0.2, 0) is 9.59 Å². The van der Waals surface area contributed by atoms with E-state index in [9.17, 15) is 9.59 Å². The molecule has 4 atom stereocenters. The lowest BCUT2D eigenvalue weighted by atomic mass is 9.84. The van der Waals surface area contributed by atoms with Crippen LogP contribution < -0.4 is 16.4 Å². The first-order chi connectivity index (χ1) is 11.0. The van der Waals surface area contributed by atoms with Gasteiger partial charge < -0.3 is 16.4 Å². The molecule has 2 fully saturated rings. The van der Waals surface area contributed by atoms with Crippen molar-refractivity contribution in [3.05, 3.63) is 28.7 Å². The van der Waals surface area contributed by atoms with E-state index in [0.29, 0.717) is 18.4 Å². The average Bonchev–Trinajstić information content (AvgIpc) is 3.10. The Balaban J connectivity index is 1.41. The van der Waals surface area contributed by atoms with Gasteiger partial charge in [0.15, 0.2) is 0 Å². The first kappa shape index (κ1) is 16.5. The number of nitrogens with two attached hydrogens (primary N) is 1. The van der Waals surface area contributed by atoms with Gasteiger partial charge in [-0.2, -0.15) is 0 Å². The van der Waals surface area contributed by atoms with Gasteiger partial charge in [0.2, 0.25) is 11.8 Å². The second kappa shape index (κ2) is 7.01. The number of hydrogen-bond donors (Lipinski definition) is 3. The fraction of sp³-hybridized carbons (Fsp3) is 0.529. The molecule has 2 bridgehead atoms. The Hall–Kier alpha value is -1.40. The van der Waals surface area contributed by atoms with E-state index in [2.05, 4.69) is 26.6 Å². The highest BCUT2D eigenvalue weighted by molar-refractivity contribution is 9.10. The van der Waals surface area contributed by atoms with Crippen molar-refractivity contribution in [1.29, 1.82) is 0 Å². The third-order valence-electron chi connectivity index (χ3n) is 5.06. The summed E-state index contributed by atoms with van der Waals surface area (Å²) in [6, 6.07) is 7.39. The number of amides is 2. The molecule has 0 aromatic heterocycles. The van der Waals surface area contributed by atoms with Gasteiger partial charge in [-0.15, -0.1) is 0 Å². The van der Waals surface area contributed by atoms with Gasteiger partial charge in [0.1, 0.15) is 0 Å². The molecule has 0 aliphatic heterocycles. The molecule has 2 amide bonds. The van der Waals surface area contributed by atoms with Crippen molar-refractivity contribution in [3.8, 4) is 0 Å². The van der Waals surface area contributed by atoms with Crippen LogP contribution in [0.5, 0.6) is 0 Å². The summed E-state index contributed by atoms with van der Waals surface area (Å²) in [5, 5.41) is 5.69. The monoisotopic (exact) mass is 379 g/mol. The molecular formula is C17H22BrN3O2. The summed E-state index contributed by atoms with van der Waals surface area (Å²) in [6.07, 6.45) is 3.62. The van der Waals surface area contributed by atoms with E-state index in [1.54, 1.807) is 0 Å². The predicted octanol–water partition coefficient (Wildman–Crippen LogP) is 2.27. The van der Waals surface area contributed by atoms with E-state index in [0.717, 1.165) is 29.4 Å². The van der Waals surface area contributed by atoms with Gasteiger partial charge in [0.05, 0.1) is 5.92 Å². The molecule has 124 valence electrons. The molecule has 23 heavy (non-hydrogen) atoms. The van der Waals surface area contributed by atoms with Gasteiger partial charge in [0, 0.05) is 29.2 Å². The molecule has 0 saturated heterocycles. The van der Waals surface area contributed by atoms with Crippen molar-refractivity contribution in [2.24, 2.45) is 23.5 Å².